The number of likely N-dealkylation sites (N-methyl/N-ethyl adjacent to an activating group) is 1. The van der Waals surface area contributed by atoms with E-state index in [9.17, 15) is 4.79 Å². The third-order valence-electron chi connectivity index (χ3n) is 2.35. The molecule has 0 unspecified atom stereocenters. The quantitative estimate of drug-likeness (QED) is 0.716. The summed E-state index contributed by atoms with van der Waals surface area (Å²) >= 11 is 0. The van der Waals surface area contributed by atoms with Crippen molar-refractivity contribution in [3.63, 3.8) is 0 Å². The van der Waals surface area contributed by atoms with Crippen LogP contribution in [0.4, 0.5) is 0 Å². The minimum Gasteiger partial charge on any atom is -0.456 e. The van der Waals surface area contributed by atoms with Crippen LogP contribution in [0.2, 0.25) is 0 Å². The van der Waals surface area contributed by atoms with Gasteiger partial charge in [0.2, 0.25) is 0 Å². The number of hydrogen-bond donors (Lipinski definition) is 0. The molecule has 0 spiro atoms. The number of furan rings is 1. The molecular formula is C13H19NO2. The average Bonchev–Trinajstić information content (AvgIpc) is 2.73. The van der Waals surface area contributed by atoms with Gasteiger partial charge in [-0.1, -0.05) is 19.1 Å². The van der Waals surface area contributed by atoms with Gasteiger partial charge in [-0.2, -0.15) is 0 Å². The summed E-state index contributed by atoms with van der Waals surface area (Å²) in [6.45, 7) is 10.9. The fourth-order valence-electron chi connectivity index (χ4n) is 1.49. The second-order valence-corrected chi connectivity index (χ2v) is 3.90. The van der Waals surface area contributed by atoms with E-state index < -0.39 is 0 Å². The minimum absolute atomic E-state index is 0.0646. The molecule has 0 aliphatic heterocycles. The molecule has 16 heavy (non-hydrogen) atoms. The van der Waals surface area contributed by atoms with Crippen LogP contribution in [-0.2, 0) is 6.42 Å². The van der Waals surface area contributed by atoms with Gasteiger partial charge in [-0.25, -0.2) is 0 Å². The third kappa shape index (κ3) is 2.99. The molecule has 0 bridgehead atoms. The Morgan fingerprint density at radius 3 is 2.56 bits per heavy atom. The lowest BCUT2D eigenvalue weighted by Crippen LogP contribution is -2.31. The zero-order valence-corrected chi connectivity index (χ0v) is 10.2. The Morgan fingerprint density at radius 1 is 1.44 bits per heavy atom. The minimum atomic E-state index is -0.0646. The molecular weight excluding hydrogens is 202 g/mol. The molecule has 0 fully saturated rings. The Morgan fingerprint density at radius 2 is 2.12 bits per heavy atom. The van der Waals surface area contributed by atoms with Crippen molar-refractivity contribution < 1.29 is 9.21 Å². The van der Waals surface area contributed by atoms with Gasteiger partial charge < -0.3 is 9.32 Å². The SMILES string of the molecule is C=C(C)CN(CC)C(=O)c1ccc(CC)o1. The molecule has 0 N–H and O–H groups in total. The first-order valence-corrected chi connectivity index (χ1v) is 5.60. The standard InChI is InChI=1S/C13H19NO2/c1-5-11-7-8-12(16-11)13(15)14(6-2)9-10(3)4/h7-8H,3,5-6,9H2,1-2,4H3. The van der Waals surface area contributed by atoms with Gasteiger partial charge >= 0.3 is 0 Å². The monoisotopic (exact) mass is 221 g/mol. The van der Waals surface area contributed by atoms with E-state index in [0.29, 0.717) is 18.8 Å². The van der Waals surface area contributed by atoms with Gasteiger partial charge in [-0.3, -0.25) is 4.79 Å². The van der Waals surface area contributed by atoms with Gasteiger partial charge in [-0.15, -0.1) is 0 Å². The van der Waals surface area contributed by atoms with Gasteiger partial charge in [0.25, 0.3) is 5.91 Å². The highest BCUT2D eigenvalue weighted by atomic mass is 16.4. The zero-order valence-electron chi connectivity index (χ0n) is 10.2. The van der Waals surface area contributed by atoms with Crippen molar-refractivity contribution in [2.45, 2.75) is 27.2 Å². The molecule has 0 aliphatic carbocycles. The summed E-state index contributed by atoms with van der Waals surface area (Å²) in [4.78, 5) is 13.8. The Bertz CT molecular complexity index is 379. The van der Waals surface area contributed by atoms with E-state index in [1.165, 1.54) is 0 Å². The first-order valence-electron chi connectivity index (χ1n) is 5.60. The van der Waals surface area contributed by atoms with Crippen molar-refractivity contribution in [2.75, 3.05) is 13.1 Å². The lowest BCUT2D eigenvalue weighted by Gasteiger charge is -2.19. The Kier molecular flexibility index (Phi) is 4.35. The summed E-state index contributed by atoms with van der Waals surface area (Å²) in [6.07, 6.45) is 0.805. The molecule has 88 valence electrons. The summed E-state index contributed by atoms with van der Waals surface area (Å²) in [7, 11) is 0. The number of aryl methyl sites for hydroxylation is 1. The van der Waals surface area contributed by atoms with Crippen LogP contribution in [0.5, 0.6) is 0 Å². The van der Waals surface area contributed by atoms with Crippen LogP contribution in [0, 0.1) is 0 Å². The summed E-state index contributed by atoms with van der Waals surface area (Å²) in [6, 6.07) is 3.59. The average molecular weight is 221 g/mol. The summed E-state index contributed by atoms with van der Waals surface area (Å²) in [5.74, 6) is 1.19. The Labute approximate surface area is 96.7 Å². The van der Waals surface area contributed by atoms with E-state index in [1.807, 2.05) is 26.8 Å². The highest BCUT2D eigenvalue weighted by molar-refractivity contribution is 5.91. The summed E-state index contributed by atoms with van der Waals surface area (Å²) in [5.41, 5.74) is 0.970. The predicted molar refractivity (Wildman–Crippen MR) is 64.5 cm³/mol. The normalized spacial score (nSPS) is 10.2. The van der Waals surface area contributed by atoms with E-state index in [0.717, 1.165) is 17.8 Å². The largest absolute Gasteiger partial charge is 0.456 e. The molecule has 0 saturated carbocycles. The first kappa shape index (κ1) is 12.6. The second kappa shape index (κ2) is 5.54. The van der Waals surface area contributed by atoms with E-state index in [-0.39, 0.29) is 5.91 Å². The molecule has 1 heterocycles. The molecule has 1 amide bonds. The van der Waals surface area contributed by atoms with Crippen LogP contribution in [0.1, 0.15) is 37.1 Å². The molecule has 3 nitrogen and oxygen atoms in total. The van der Waals surface area contributed by atoms with E-state index >= 15 is 0 Å². The second-order valence-electron chi connectivity index (χ2n) is 3.90. The first-order chi connectivity index (χ1) is 7.58. The van der Waals surface area contributed by atoms with Crippen LogP contribution < -0.4 is 0 Å². The Hall–Kier alpha value is -1.51. The summed E-state index contributed by atoms with van der Waals surface area (Å²) in [5, 5.41) is 0. The molecule has 1 rings (SSSR count). The summed E-state index contributed by atoms with van der Waals surface area (Å²) < 4.78 is 5.44. The van der Waals surface area contributed by atoms with Crippen molar-refractivity contribution in [2.24, 2.45) is 0 Å². The van der Waals surface area contributed by atoms with Crippen molar-refractivity contribution in [1.82, 2.24) is 4.90 Å². The maximum absolute atomic E-state index is 12.0. The van der Waals surface area contributed by atoms with Gasteiger partial charge in [0.05, 0.1) is 0 Å². The fourth-order valence-corrected chi connectivity index (χ4v) is 1.49. The lowest BCUT2D eigenvalue weighted by atomic mass is 10.3. The van der Waals surface area contributed by atoms with Crippen molar-refractivity contribution >= 4 is 5.91 Å². The van der Waals surface area contributed by atoms with E-state index in [1.54, 1.807) is 11.0 Å². The van der Waals surface area contributed by atoms with Crippen molar-refractivity contribution in [3.05, 3.63) is 35.8 Å². The van der Waals surface area contributed by atoms with Gasteiger partial charge in [0.1, 0.15) is 5.76 Å². The lowest BCUT2D eigenvalue weighted by molar-refractivity contribution is 0.0745. The number of hydrogen-bond acceptors (Lipinski definition) is 2. The molecule has 1 aromatic rings. The molecule has 3 heteroatoms. The predicted octanol–water partition coefficient (Wildman–Crippen LogP) is 2.88. The topological polar surface area (TPSA) is 33.5 Å². The highest BCUT2D eigenvalue weighted by Crippen LogP contribution is 2.12. The fraction of sp³-hybridized carbons (Fsp3) is 0.462. The van der Waals surface area contributed by atoms with Crippen LogP contribution in [0.15, 0.2) is 28.7 Å². The molecule has 0 atom stereocenters. The van der Waals surface area contributed by atoms with Crippen LogP contribution in [0.3, 0.4) is 0 Å². The van der Waals surface area contributed by atoms with Gasteiger partial charge in [-0.05, 0) is 26.0 Å². The molecule has 0 aliphatic rings. The van der Waals surface area contributed by atoms with Gasteiger partial charge in [0.15, 0.2) is 5.76 Å². The number of amides is 1. The van der Waals surface area contributed by atoms with Crippen LogP contribution in [-0.4, -0.2) is 23.9 Å². The van der Waals surface area contributed by atoms with Crippen molar-refractivity contribution in [1.29, 1.82) is 0 Å². The van der Waals surface area contributed by atoms with Gasteiger partial charge in [0, 0.05) is 19.5 Å². The number of carbonyl (C=O) groups excluding carboxylic acids is 1. The third-order valence-corrected chi connectivity index (χ3v) is 2.35. The van der Waals surface area contributed by atoms with E-state index in [2.05, 4.69) is 6.58 Å². The maximum Gasteiger partial charge on any atom is 0.289 e. The molecule has 0 saturated heterocycles. The zero-order chi connectivity index (χ0) is 12.1. The van der Waals surface area contributed by atoms with Crippen LogP contribution >= 0.6 is 0 Å². The van der Waals surface area contributed by atoms with Crippen molar-refractivity contribution in [3.8, 4) is 0 Å². The molecule has 0 radical (unpaired) electrons. The maximum atomic E-state index is 12.0. The van der Waals surface area contributed by atoms with Crippen LogP contribution in [0.25, 0.3) is 0 Å². The van der Waals surface area contributed by atoms with E-state index in [4.69, 9.17) is 4.42 Å². The number of carbonyl (C=O) groups is 1. The Balaban J connectivity index is 2.78. The highest BCUT2D eigenvalue weighted by Gasteiger charge is 2.17. The number of rotatable bonds is 5. The number of nitrogens with zero attached hydrogens (tertiary/aromatic N) is 1. The molecule has 1 aromatic heterocycles. The smallest absolute Gasteiger partial charge is 0.289 e. The molecule has 0 aromatic carbocycles.